The zero-order valence-electron chi connectivity index (χ0n) is 11.2. The average molecular weight is 353 g/mol. The number of nitriles is 1. The van der Waals surface area contributed by atoms with Gasteiger partial charge in [-0.1, -0.05) is 29.3 Å². The standard InChI is InChI=1S/C15H10Cl2N2O2S/c16-11-3-1-9(7-12(11)17)13-4-2-10(8-18)15(19-13)22-6-5-14(20)21/h1-4,7H,5-6H2,(H,20,21). The Morgan fingerprint density at radius 1 is 1.27 bits per heavy atom. The summed E-state index contributed by atoms with van der Waals surface area (Å²) in [5.74, 6) is -0.534. The second-order valence-electron chi connectivity index (χ2n) is 4.28. The predicted molar refractivity (Wildman–Crippen MR) is 87.4 cm³/mol. The van der Waals surface area contributed by atoms with Crippen molar-refractivity contribution in [2.24, 2.45) is 0 Å². The molecule has 1 heterocycles. The number of carboxylic acids is 1. The lowest BCUT2D eigenvalue weighted by Crippen LogP contribution is -1.97. The van der Waals surface area contributed by atoms with Crippen LogP contribution >= 0.6 is 35.0 Å². The minimum absolute atomic E-state index is 0.00815. The van der Waals surface area contributed by atoms with E-state index in [9.17, 15) is 4.79 Å². The Morgan fingerprint density at radius 2 is 2.05 bits per heavy atom. The number of nitrogens with zero attached hydrogens (tertiary/aromatic N) is 2. The molecular formula is C15H10Cl2N2O2S. The fourth-order valence-electron chi connectivity index (χ4n) is 1.69. The van der Waals surface area contributed by atoms with Gasteiger partial charge in [0, 0.05) is 11.3 Å². The number of hydrogen-bond donors (Lipinski definition) is 1. The van der Waals surface area contributed by atoms with E-state index in [2.05, 4.69) is 11.1 Å². The molecule has 0 bridgehead atoms. The second-order valence-corrected chi connectivity index (χ2v) is 6.18. The van der Waals surface area contributed by atoms with Crippen LogP contribution in [0.5, 0.6) is 0 Å². The first-order valence-electron chi connectivity index (χ1n) is 6.22. The van der Waals surface area contributed by atoms with Gasteiger partial charge in [-0.05, 0) is 24.3 Å². The summed E-state index contributed by atoms with van der Waals surface area (Å²) in [5, 5.41) is 19.2. The van der Waals surface area contributed by atoms with E-state index < -0.39 is 5.97 Å². The number of aromatic nitrogens is 1. The van der Waals surface area contributed by atoms with Gasteiger partial charge in [-0.2, -0.15) is 5.26 Å². The fourth-order valence-corrected chi connectivity index (χ4v) is 2.89. The van der Waals surface area contributed by atoms with Gasteiger partial charge in [-0.15, -0.1) is 11.8 Å². The molecule has 2 rings (SSSR count). The predicted octanol–water partition coefficient (Wildman–Crippen LogP) is 4.49. The first kappa shape index (κ1) is 16.6. The number of benzene rings is 1. The van der Waals surface area contributed by atoms with Crippen molar-refractivity contribution in [3.8, 4) is 17.3 Å². The van der Waals surface area contributed by atoms with Gasteiger partial charge in [-0.3, -0.25) is 4.79 Å². The van der Waals surface area contributed by atoms with Crippen molar-refractivity contribution >= 4 is 40.9 Å². The van der Waals surface area contributed by atoms with E-state index in [4.69, 9.17) is 33.6 Å². The first-order chi connectivity index (χ1) is 10.5. The van der Waals surface area contributed by atoms with Crippen LogP contribution < -0.4 is 0 Å². The van der Waals surface area contributed by atoms with Crippen molar-refractivity contribution in [3.05, 3.63) is 45.9 Å². The summed E-state index contributed by atoms with van der Waals surface area (Å²) >= 11 is 13.1. The molecule has 1 aromatic heterocycles. The van der Waals surface area contributed by atoms with Crippen molar-refractivity contribution in [2.75, 3.05) is 5.75 Å². The van der Waals surface area contributed by atoms with Gasteiger partial charge < -0.3 is 5.11 Å². The van der Waals surface area contributed by atoms with Crippen LogP contribution in [0.25, 0.3) is 11.3 Å². The molecule has 22 heavy (non-hydrogen) atoms. The van der Waals surface area contributed by atoms with Crippen molar-refractivity contribution < 1.29 is 9.90 Å². The van der Waals surface area contributed by atoms with Crippen molar-refractivity contribution in [2.45, 2.75) is 11.4 Å². The van der Waals surface area contributed by atoms with Crippen LogP contribution in [0.15, 0.2) is 35.4 Å². The number of pyridine rings is 1. The highest BCUT2D eigenvalue weighted by molar-refractivity contribution is 7.99. The van der Waals surface area contributed by atoms with E-state index in [1.54, 1.807) is 30.3 Å². The number of carbonyl (C=O) groups is 1. The maximum Gasteiger partial charge on any atom is 0.304 e. The van der Waals surface area contributed by atoms with Crippen LogP contribution in [-0.2, 0) is 4.79 Å². The number of thioether (sulfide) groups is 1. The number of aliphatic carboxylic acids is 1. The molecule has 7 heteroatoms. The van der Waals surface area contributed by atoms with E-state index >= 15 is 0 Å². The fraction of sp³-hybridized carbons (Fsp3) is 0.133. The summed E-state index contributed by atoms with van der Waals surface area (Å²) in [6.45, 7) is 0. The Bertz CT molecular complexity index is 760. The summed E-state index contributed by atoms with van der Waals surface area (Å²) in [7, 11) is 0. The van der Waals surface area contributed by atoms with Crippen LogP contribution in [0.4, 0.5) is 0 Å². The molecule has 0 saturated carbocycles. The highest BCUT2D eigenvalue weighted by atomic mass is 35.5. The topological polar surface area (TPSA) is 74.0 Å². The van der Waals surface area contributed by atoms with Gasteiger partial charge in [0.2, 0.25) is 0 Å². The number of hydrogen-bond acceptors (Lipinski definition) is 4. The third-order valence-corrected chi connectivity index (χ3v) is 4.48. The Balaban J connectivity index is 2.31. The van der Waals surface area contributed by atoms with Gasteiger partial charge in [0.25, 0.3) is 0 Å². The molecule has 4 nitrogen and oxygen atoms in total. The molecular weight excluding hydrogens is 343 g/mol. The summed E-state index contributed by atoms with van der Waals surface area (Å²) in [4.78, 5) is 15.0. The lowest BCUT2D eigenvalue weighted by atomic mass is 10.1. The molecule has 0 fully saturated rings. The molecule has 0 saturated heterocycles. The molecule has 0 aliphatic heterocycles. The van der Waals surface area contributed by atoms with E-state index in [0.29, 0.717) is 32.1 Å². The van der Waals surface area contributed by atoms with E-state index in [-0.39, 0.29) is 6.42 Å². The average Bonchev–Trinajstić information content (AvgIpc) is 2.49. The van der Waals surface area contributed by atoms with Gasteiger partial charge in [0.05, 0.1) is 27.7 Å². The third kappa shape index (κ3) is 4.14. The SMILES string of the molecule is N#Cc1ccc(-c2ccc(Cl)c(Cl)c2)nc1SCCC(=O)O. The highest BCUT2D eigenvalue weighted by Crippen LogP contribution is 2.30. The number of carboxylic acid groups (broad SMARTS) is 1. The van der Waals surface area contributed by atoms with Gasteiger partial charge in [0.1, 0.15) is 11.1 Å². The Kier molecular flexibility index (Phi) is 5.67. The van der Waals surface area contributed by atoms with Crippen LogP contribution in [0.2, 0.25) is 10.0 Å². The maximum absolute atomic E-state index is 10.6. The van der Waals surface area contributed by atoms with Crippen LogP contribution in [0.3, 0.4) is 0 Å². The molecule has 0 unspecified atom stereocenters. The van der Waals surface area contributed by atoms with Gasteiger partial charge in [0.15, 0.2) is 0 Å². The molecule has 112 valence electrons. The smallest absolute Gasteiger partial charge is 0.304 e. The number of rotatable bonds is 5. The third-order valence-electron chi connectivity index (χ3n) is 2.75. The Hall–Kier alpha value is -1.74. The molecule has 0 spiro atoms. The Morgan fingerprint density at radius 3 is 2.68 bits per heavy atom. The molecule has 0 aliphatic rings. The van der Waals surface area contributed by atoms with Crippen molar-refractivity contribution in [1.29, 1.82) is 5.26 Å². The van der Waals surface area contributed by atoms with Crippen molar-refractivity contribution in [3.63, 3.8) is 0 Å². The molecule has 0 radical (unpaired) electrons. The Labute approximate surface area is 141 Å². The largest absolute Gasteiger partial charge is 0.481 e. The molecule has 0 aliphatic carbocycles. The molecule has 0 atom stereocenters. The summed E-state index contributed by atoms with van der Waals surface area (Å²) in [6.07, 6.45) is 0.00815. The normalized spacial score (nSPS) is 10.2. The van der Waals surface area contributed by atoms with E-state index in [1.165, 1.54) is 11.8 Å². The van der Waals surface area contributed by atoms with Crippen LogP contribution in [-0.4, -0.2) is 21.8 Å². The molecule has 0 amide bonds. The van der Waals surface area contributed by atoms with E-state index in [0.717, 1.165) is 5.56 Å². The zero-order valence-corrected chi connectivity index (χ0v) is 13.5. The van der Waals surface area contributed by atoms with Crippen LogP contribution in [0, 0.1) is 11.3 Å². The monoisotopic (exact) mass is 352 g/mol. The van der Waals surface area contributed by atoms with Gasteiger partial charge >= 0.3 is 5.97 Å². The highest BCUT2D eigenvalue weighted by Gasteiger charge is 2.10. The number of halogens is 2. The maximum atomic E-state index is 10.6. The summed E-state index contributed by atoms with van der Waals surface area (Å²) < 4.78 is 0. The minimum Gasteiger partial charge on any atom is -0.481 e. The van der Waals surface area contributed by atoms with E-state index in [1.807, 2.05) is 0 Å². The second kappa shape index (κ2) is 7.50. The van der Waals surface area contributed by atoms with Crippen LogP contribution in [0.1, 0.15) is 12.0 Å². The first-order valence-corrected chi connectivity index (χ1v) is 7.96. The quantitative estimate of drug-likeness (QED) is 0.802. The summed E-state index contributed by atoms with van der Waals surface area (Å²) in [5.41, 5.74) is 1.84. The molecule has 1 aromatic carbocycles. The minimum atomic E-state index is -0.883. The van der Waals surface area contributed by atoms with Gasteiger partial charge in [-0.25, -0.2) is 4.98 Å². The molecule has 2 aromatic rings. The zero-order chi connectivity index (χ0) is 16.1. The molecule has 1 N–H and O–H groups in total. The van der Waals surface area contributed by atoms with Crippen molar-refractivity contribution in [1.82, 2.24) is 4.98 Å². The lowest BCUT2D eigenvalue weighted by molar-refractivity contribution is -0.136. The summed E-state index contributed by atoms with van der Waals surface area (Å²) in [6, 6.07) is 10.6. The lowest BCUT2D eigenvalue weighted by Gasteiger charge is -2.07.